The van der Waals surface area contributed by atoms with Gasteiger partial charge in [0.05, 0.1) is 0 Å². The third-order valence-electron chi connectivity index (χ3n) is 2.94. The first-order chi connectivity index (χ1) is 7.65. The molecule has 1 amide bonds. The van der Waals surface area contributed by atoms with Crippen molar-refractivity contribution in [3.05, 3.63) is 30.1 Å². The van der Waals surface area contributed by atoms with Gasteiger partial charge in [-0.05, 0) is 37.5 Å². The van der Waals surface area contributed by atoms with Crippen molar-refractivity contribution < 1.29 is 9.18 Å². The van der Waals surface area contributed by atoms with Crippen LogP contribution in [0.15, 0.2) is 24.3 Å². The highest BCUT2D eigenvalue weighted by molar-refractivity contribution is 5.92. The molecule has 3 nitrogen and oxygen atoms in total. The van der Waals surface area contributed by atoms with Crippen molar-refractivity contribution in [1.29, 1.82) is 0 Å². The number of anilines is 1. The molecule has 1 aromatic rings. The lowest BCUT2D eigenvalue weighted by molar-refractivity contribution is -0.119. The average Bonchev–Trinajstić information content (AvgIpc) is 2.65. The predicted molar refractivity (Wildman–Crippen MR) is 60.3 cm³/mol. The Kier molecular flexibility index (Phi) is 3.19. The summed E-state index contributed by atoms with van der Waals surface area (Å²) in [6.45, 7) is 0. The van der Waals surface area contributed by atoms with E-state index in [-0.39, 0.29) is 23.7 Å². The van der Waals surface area contributed by atoms with Crippen LogP contribution in [0.2, 0.25) is 0 Å². The van der Waals surface area contributed by atoms with Crippen molar-refractivity contribution in [3.8, 4) is 0 Å². The molecule has 2 unspecified atom stereocenters. The molecular weight excluding hydrogens is 207 g/mol. The highest BCUT2D eigenvalue weighted by Gasteiger charge is 2.27. The van der Waals surface area contributed by atoms with E-state index in [0.29, 0.717) is 5.69 Å². The first kappa shape index (κ1) is 11.1. The topological polar surface area (TPSA) is 55.1 Å². The standard InChI is InChI=1S/C12H15FN2O/c13-9-2-1-3-11(7-9)15-12(16)8-4-5-10(14)6-8/h1-3,7-8,10H,4-6,14H2,(H,15,16). The Morgan fingerprint density at radius 1 is 1.44 bits per heavy atom. The van der Waals surface area contributed by atoms with Gasteiger partial charge in [0, 0.05) is 17.6 Å². The van der Waals surface area contributed by atoms with Gasteiger partial charge in [0.15, 0.2) is 0 Å². The Labute approximate surface area is 93.8 Å². The fraction of sp³-hybridized carbons (Fsp3) is 0.417. The summed E-state index contributed by atoms with van der Waals surface area (Å²) in [6, 6.07) is 6.04. The smallest absolute Gasteiger partial charge is 0.227 e. The van der Waals surface area contributed by atoms with Crippen molar-refractivity contribution in [2.24, 2.45) is 11.7 Å². The zero-order chi connectivity index (χ0) is 11.5. The molecule has 2 atom stereocenters. The van der Waals surface area contributed by atoms with Gasteiger partial charge in [0.25, 0.3) is 0 Å². The number of amides is 1. The van der Waals surface area contributed by atoms with E-state index in [4.69, 9.17) is 5.73 Å². The summed E-state index contributed by atoms with van der Waals surface area (Å²) in [6.07, 6.45) is 2.44. The lowest BCUT2D eigenvalue weighted by Gasteiger charge is -2.10. The fourth-order valence-electron chi connectivity index (χ4n) is 2.07. The molecule has 1 saturated carbocycles. The minimum absolute atomic E-state index is 0.0294. The van der Waals surface area contributed by atoms with Crippen LogP contribution in [-0.4, -0.2) is 11.9 Å². The zero-order valence-electron chi connectivity index (χ0n) is 8.95. The monoisotopic (exact) mass is 222 g/mol. The second-order valence-electron chi connectivity index (χ2n) is 4.27. The maximum atomic E-state index is 12.9. The quantitative estimate of drug-likeness (QED) is 0.802. The van der Waals surface area contributed by atoms with Crippen LogP contribution >= 0.6 is 0 Å². The Morgan fingerprint density at radius 2 is 2.25 bits per heavy atom. The first-order valence-electron chi connectivity index (χ1n) is 5.47. The Hall–Kier alpha value is -1.42. The molecule has 1 fully saturated rings. The van der Waals surface area contributed by atoms with Crippen LogP contribution in [0.5, 0.6) is 0 Å². The predicted octanol–water partition coefficient (Wildman–Crippen LogP) is 1.89. The minimum atomic E-state index is -0.346. The summed E-state index contributed by atoms with van der Waals surface area (Å²) in [5.74, 6) is -0.433. The average molecular weight is 222 g/mol. The van der Waals surface area contributed by atoms with Crippen LogP contribution in [0.4, 0.5) is 10.1 Å². The molecule has 1 aliphatic rings. The first-order valence-corrected chi connectivity index (χ1v) is 5.47. The lowest BCUT2D eigenvalue weighted by Crippen LogP contribution is -2.23. The number of rotatable bonds is 2. The maximum absolute atomic E-state index is 12.9. The van der Waals surface area contributed by atoms with E-state index in [1.807, 2.05) is 0 Å². The molecule has 2 rings (SSSR count). The van der Waals surface area contributed by atoms with Crippen molar-refractivity contribution in [1.82, 2.24) is 0 Å². The molecule has 4 heteroatoms. The van der Waals surface area contributed by atoms with Crippen LogP contribution < -0.4 is 11.1 Å². The summed E-state index contributed by atoms with van der Waals surface area (Å²) in [5.41, 5.74) is 6.25. The van der Waals surface area contributed by atoms with E-state index in [0.717, 1.165) is 19.3 Å². The third-order valence-corrected chi connectivity index (χ3v) is 2.94. The molecule has 1 aromatic carbocycles. The molecule has 0 heterocycles. The normalized spacial score (nSPS) is 24.4. The third kappa shape index (κ3) is 2.58. The van der Waals surface area contributed by atoms with Crippen molar-refractivity contribution in [2.75, 3.05) is 5.32 Å². The van der Waals surface area contributed by atoms with Crippen LogP contribution in [-0.2, 0) is 4.79 Å². The summed E-state index contributed by atoms with van der Waals surface area (Å²) in [5, 5.41) is 2.71. The van der Waals surface area contributed by atoms with Crippen molar-refractivity contribution in [2.45, 2.75) is 25.3 Å². The molecule has 86 valence electrons. The SMILES string of the molecule is NC1CCC(C(=O)Nc2cccc(F)c2)C1. The molecule has 0 saturated heterocycles. The number of nitrogens with one attached hydrogen (secondary N) is 1. The number of carbonyl (C=O) groups excluding carboxylic acids is 1. The number of halogens is 1. The fourth-order valence-corrected chi connectivity index (χ4v) is 2.07. The van der Waals surface area contributed by atoms with Gasteiger partial charge in [-0.25, -0.2) is 4.39 Å². The van der Waals surface area contributed by atoms with Crippen molar-refractivity contribution in [3.63, 3.8) is 0 Å². The number of hydrogen-bond acceptors (Lipinski definition) is 2. The zero-order valence-corrected chi connectivity index (χ0v) is 8.95. The van der Waals surface area contributed by atoms with E-state index >= 15 is 0 Å². The molecular formula is C12H15FN2O. The van der Waals surface area contributed by atoms with Crippen molar-refractivity contribution >= 4 is 11.6 Å². The Bertz CT molecular complexity index is 394. The molecule has 0 bridgehead atoms. The number of carbonyl (C=O) groups is 1. The largest absolute Gasteiger partial charge is 0.328 e. The van der Waals surface area contributed by atoms with E-state index in [9.17, 15) is 9.18 Å². The Balaban J connectivity index is 1.97. The van der Waals surface area contributed by atoms with Crippen LogP contribution in [0, 0.1) is 11.7 Å². The summed E-state index contributed by atoms with van der Waals surface area (Å²) >= 11 is 0. The van der Waals surface area contributed by atoms with Gasteiger partial charge in [-0.3, -0.25) is 4.79 Å². The van der Waals surface area contributed by atoms with E-state index in [1.165, 1.54) is 12.1 Å². The molecule has 1 aliphatic carbocycles. The minimum Gasteiger partial charge on any atom is -0.328 e. The second-order valence-corrected chi connectivity index (χ2v) is 4.27. The number of nitrogens with two attached hydrogens (primary N) is 1. The molecule has 0 spiro atoms. The lowest BCUT2D eigenvalue weighted by atomic mass is 10.1. The molecule has 16 heavy (non-hydrogen) atoms. The van der Waals surface area contributed by atoms with Gasteiger partial charge in [-0.2, -0.15) is 0 Å². The summed E-state index contributed by atoms with van der Waals surface area (Å²) < 4.78 is 12.9. The van der Waals surface area contributed by atoms with Gasteiger partial charge in [-0.1, -0.05) is 6.07 Å². The Morgan fingerprint density at radius 3 is 2.88 bits per heavy atom. The number of hydrogen-bond donors (Lipinski definition) is 2. The molecule has 0 aliphatic heterocycles. The van der Waals surface area contributed by atoms with Crippen LogP contribution in [0.1, 0.15) is 19.3 Å². The van der Waals surface area contributed by atoms with Crippen LogP contribution in [0.3, 0.4) is 0 Å². The maximum Gasteiger partial charge on any atom is 0.227 e. The van der Waals surface area contributed by atoms with E-state index in [1.54, 1.807) is 12.1 Å². The molecule has 0 aromatic heterocycles. The molecule has 0 radical (unpaired) electrons. The summed E-state index contributed by atoms with van der Waals surface area (Å²) in [7, 11) is 0. The number of benzene rings is 1. The van der Waals surface area contributed by atoms with Gasteiger partial charge in [0.2, 0.25) is 5.91 Å². The highest BCUT2D eigenvalue weighted by atomic mass is 19.1. The van der Waals surface area contributed by atoms with Gasteiger partial charge >= 0.3 is 0 Å². The van der Waals surface area contributed by atoms with Gasteiger partial charge < -0.3 is 11.1 Å². The van der Waals surface area contributed by atoms with E-state index in [2.05, 4.69) is 5.32 Å². The van der Waals surface area contributed by atoms with Gasteiger partial charge in [0.1, 0.15) is 5.82 Å². The molecule has 3 N–H and O–H groups in total. The van der Waals surface area contributed by atoms with Gasteiger partial charge in [-0.15, -0.1) is 0 Å². The highest BCUT2D eigenvalue weighted by Crippen LogP contribution is 2.25. The van der Waals surface area contributed by atoms with Crippen LogP contribution in [0.25, 0.3) is 0 Å². The van der Waals surface area contributed by atoms with E-state index < -0.39 is 0 Å². The summed E-state index contributed by atoms with van der Waals surface area (Å²) in [4.78, 5) is 11.8. The second kappa shape index (κ2) is 4.61.